The third-order valence-electron chi connectivity index (χ3n) is 6.17. The van der Waals surface area contributed by atoms with Gasteiger partial charge < -0.3 is 14.8 Å². The number of aryl methyl sites for hydroxylation is 2. The Balaban J connectivity index is 1.61. The lowest BCUT2D eigenvalue weighted by Gasteiger charge is -2.35. The Morgan fingerprint density at radius 2 is 1.80 bits per heavy atom. The lowest BCUT2D eigenvalue weighted by Crippen LogP contribution is -2.51. The maximum absolute atomic E-state index is 13.6. The van der Waals surface area contributed by atoms with Crippen molar-refractivity contribution in [2.75, 3.05) is 18.0 Å². The molecule has 0 radical (unpaired) electrons. The average Bonchev–Trinajstić information content (AvgIpc) is 2.87. The molecule has 1 aliphatic heterocycles. The van der Waals surface area contributed by atoms with E-state index >= 15 is 0 Å². The summed E-state index contributed by atoms with van der Waals surface area (Å²) in [4.78, 5) is 13.3. The maximum Gasteiger partial charge on any atom is 0.264 e. The molecule has 0 aromatic heterocycles. The Labute approximate surface area is 206 Å². The Hall–Kier alpha value is -3.52. The quantitative estimate of drug-likeness (QED) is 0.526. The second-order valence-corrected chi connectivity index (χ2v) is 10.5. The van der Waals surface area contributed by atoms with Gasteiger partial charge in [0.1, 0.15) is 11.5 Å². The van der Waals surface area contributed by atoms with Gasteiger partial charge in [0.05, 0.1) is 30.3 Å². The van der Waals surface area contributed by atoms with E-state index in [2.05, 4.69) is 12.2 Å². The molecule has 1 heterocycles. The third-order valence-corrected chi connectivity index (χ3v) is 7.96. The van der Waals surface area contributed by atoms with E-state index in [-0.39, 0.29) is 23.4 Å². The number of benzene rings is 3. The number of carbonyl (C=O) groups is 1. The van der Waals surface area contributed by atoms with Crippen LogP contribution < -0.4 is 19.1 Å². The molecular formula is C27H30N2O5S. The molecule has 184 valence electrons. The number of amides is 1. The van der Waals surface area contributed by atoms with Gasteiger partial charge >= 0.3 is 0 Å². The monoisotopic (exact) mass is 494 g/mol. The molecule has 8 heteroatoms. The van der Waals surface area contributed by atoms with Gasteiger partial charge in [0, 0.05) is 0 Å². The van der Waals surface area contributed by atoms with Crippen molar-refractivity contribution in [3.05, 3.63) is 83.4 Å². The highest BCUT2D eigenvalue weighted by Crippen LogP contribution is 2.38. The zero-order valence-electron chi connectivity index (χ0n) is 20.3. The van der Waals surface area contributed by atoms with Gasteiger partial charge in [-0.2, -0.15) is 0 Å². The highest BCUT2D eigenvalue weighted by molar-refractivity contribution is 7.92. The molecule has 4 rings (SSSR count). The summed E-state index contributed by atoms with van der Waals surface area (Å²) in [5, 5.41) is 2.97. The first-order valence-electron chi connectivity index (χ1n) is 11.6. The summed E-state index contributed by atoms with van der Waals surface area (Å²) in [6.45, 7) is 5.72. The van der Waals surface area contributed by atoms with E-state index in [1.165, 1.54) is 29.1 Å². The second-order valence-electron chi connectivity index (χ2n) is 8.61. The van der Waals surface area contributed by atoms with Gasteiger partial charge in [-0.1, -0.05) is 37.3 Å². The van der Waals surface area contributed by atoms with Crippen LogP contribution in [0, 0.1) is 6.92 Å². The van der Waals surface area contributed by atoms with Crippen molar-refractivity contribution in [3.8, 4) is 11.5 Å². The lowest BCUT2D eigenvalue weighted by atomic mass is 10.0. The predicted octanol–water partition coefficient (Wildman–Crippen LogP) is 4.40. The molecule has 0 saturated carbocycles. The minimum Gasteiger partial charge on any atom is -0.497 e. The van der Waals surface area contributed by atoms with Crippen molar-refractivity contribution in [1.29, 1.82) is 0 Å². The van der Waals surface area contributed by atoms with Gasteiger partial charge in [-0.05, 0) is 73.4 Å². The van der Waals surface area contributed by atoms with Gasteiger partial charge in [0.15, 0.2) is 6.10 Å². The largest absolute Gasteiger partial charge is 0.497 e. The van der Waals surface area contributed by atoms with Crippen LogP contribution in [-0.4, -0.2) is 34.1 Å². The molecule has 2 atom stereocenters. The number of hydrogen-bond acceptors (Lipinski definition) is 5. The smallest absolute Gasteiger partial charge is 0.264 e. The zero-order chi connectivity index (χ0) is 25.2. The molecule has 35 heavy (non-hydrogen) atoms. The van der Waals surface area contributed by atoms with E-state index in [1.807, 2.05) is 44.2 Å². The first-order valence-corrected chi connectivity index (χ1v) is 13.0. The number of sulfonamides is 1. The first-order chi connectivity index (χ1) is 16.7. The number of fused-ring (bicyclic) bond motifs is 1. The van der Waals surface area contributed by atoms with Gasteiger partial charge in [-0.3, -0.25) is 9.10 Å². The summed E-state index contributed by atoms with van der Waals surface area (Å²) < 4.78 is 39.7. The molecule has 0 spiro atoms. The summed E-state index contributed by atoms with van der Waals surface area (Å²) >= 11 is 0. The van der Waals surface area contributed by atoms with Gasteiger partial charge in [-0.25, -0.2) is 8.42 Å². The fourth-order valence-corrected chi connectivity index (χ4v) is 5.50. The highest BCUT2D eigenvalue weighted by atomic mass is 32.2. The van der Waals surface area contributed by atoms with Crippen LogP contribution in [0.2, 0.25) is 0 Å². The normalized spacial score (nSPS) is 16.1. The number of anilines is 1. The summed E-state index contributed by atoms with van der Waals surface area (Å²) in [6.07, 6.45) is -0.0653. The minimum absolute atomic E-state index is 0.108. The van der Waals surface area contributed by atoms with Gasteiger partial charge in [0.2, 0.25) is 0 Å². The van der Waals surface area contributed by atoms with Crippen molar-refractivity contribution in [3.63, 3.8) is 0 Å². The molecule has 0 unspecified atom stereocenters. The van der Waals surface area contributed by atoms with E-state index < -0.39 is 16.1 Å². The number of carbonyl (C=O) groups excluding carboxylic acids is 1. The SMILES string of the molecule is CCc1ccc([C@@H](C)NC(=O)[C@H]2CN(S(=O)(=O)c3ccc(OC)cc3)c3cc(C)ccc3O2)cc1. The highest BCUT2D eigenvalue weighted by Gasteiger charge is 2.38. The van der Waals surface area contributed by atoms with Crippen molar-refractivity contribution >= 4 is 21.6 Å². The van der Waals surface area contributed by atoms with Crippen LogP contribution in [0.3, 0.4) is 0 Å². The molecule has 0 aliphatic carbocycles. The molecule has 1 amide bonds. The maximum atomic E-state index is 13.6. The van der Waals surface area contributed by atoms with Crippen molar-refractivity contribution in [1.82, 2.24) is 5.32 Å². The lowest BCUT2D eigenvalue weighted by molar-refractivity contribution is -0.128. The topological polar surface area (TPSA) is 84.9 Å². The molecule has 1 aliphatic rings. The van der Waals surface area contributed by atoms with Crippen LogP contribution in [0.1, 0.15) is 36.6 Å². The standard InChI is InChI=1S/C27H30N2O5S/c1-5-20-7-9-21(10-8-20)19(3)28-27(30)26-17-29(24-16-18(2)6-15-25(24)34-26)35(31,32)23-13-11-22(33-4)12-14-23/h6-16,19,26H,5,17H2,1-4H3,(H,28,30)/t19-,26-/m1/s1. The van der Waals surface area contributed by atoms with Crippen molar-refractivity contribution in [2.45, 2.75) is 44.2 Å². The zero-order valence-corrected chi connectivity index (χ0v) is 21.1. The van der Waals surface area contributed by atoms with Gasteiger partial charge in [0.25, 0.3) is 15.9 Å². The summed E-state index contributed by atoms with van der Waals surface area (Å²) in [7, 11) is -2.43. The number of rotatable bonds is 7. The van der Waals surface area contributed by atoms with Crippen molar-refractivity contribution in [2.24, 2.45) is 0 Å². The summed E-state index contributed by atoms with van der Waals surface area (Å²) in [6, 6.07) is 19.3. The van der Waals surface area contributed by atoms with Crippen molar-refractivity contribution < 1.29 is 22.7 Å². The van der Waals surface area contributed by atoms with E-state index in [9.17, 15) is 13.2 Å². The third kappa shape index (κ3) is 5.12. The number of ether oxygens (including phenoxy) is 2. The Kier molecular flexibility index (Phi) is 7.03. The minimum atomic E-state index is -3.95. The van der Waals surface area contributed by atoms with Crippen LogP contribution in [0.25, 0.3) is 0 Å². The van der Waals surface area contributed by atoms with Crippen LogP contribution in [0.5, 0.6) is 11.5 Å². The Bertz CT molecular complexity index is 1300. The van der Waals surface area contributed by atoms with E-state index in [1.54, 1.807) is 24.3 Å². The molecule has 0 saturated heterocycles. The average molecular weight is 495 g/mol. The number of nitrogens with one attached hydrogen (secondary N) is 1. The fraction of sp³-hybridized carbons (Fsp3) is 0.296. The molecule has 1 N–H and O–H groups in total. The van der Waals surface area contributed by atoms with E-state index in [0.29, 0.717) is 17.2 Å². The van der Waals surface area contributed by atoms with Crippen LogP contribution in [0.4, 0.5) is 5.69 Å². The van der Waals surface area contributed by atoms with Crippen LogP contribution >= 0.6 is 0 Å². The Morgan fingerprint density at radius 1 is 1.11 bits per heavy atom. The summed E-state index contributed by atoms with van der Waals surface area (Å²) in [5.74, 6) is 0.526. The second kappa shape index (κ2) is 10.00. The first kappa shape index (κ1) is 24.6. The van der Waals surface area contributed by atoms with Crippen LogP contribution in [0.15, 0.2) is 71.6 Å². The number of methoxy groups -OCH3 is 1. The molecule has 3 aromatic rings. The molecule has 0 bridgehead atoms. The fourth-order valence-electron chi connectivity index (χ4n) is 4.03. The summed E-state index contributed by atoms with van der Waals surface area (Å²) in [5.41, 5.74) is 3.47. The molecule has 3 aromatic carbocycles. The molecule has 0 fully saturated rings. The van der Waals surface area contributed by atoms with E-state index in [4.69, 9.17) is 9.47 Å². The van der Waals surface area contributed by atoms with Gasteiger partial charge in [-0.15, -0.1) is 0 Å². The molecule has 7 nitrogen and oxygen atoms in total. The van der Waals surface area contributed by atoms with E-state index in [0.717, 1.165) is 17.5 Å². The Morgan fingerprint density at radius 3 is 2.43 bits per heavy atom. The predicted molar refractivity (Wildman–Crippen MR) is 135 cm³/mol. The molecular weight excluding hydrogens is 464 g/mol. The number of hydrogen-bond donors (Lipinski definition) is 1. The number of nitrogens with zero attached hydrogens (tertiary/aromatic N) is 1. The van der Waals surface area contributed by atoms with Crippen LogP contribution in [-0.2, 0) is 21.2 Å².